The Bertz CT molecular complexity index is 795. The average molecular weight is 333 g/mol. The highest BCUT2D eigenvalue weighted by atomic mass is 16.5. The molecular weight excluding hydrogens is 310 g/mol. The van der Waals surface area contributed by atoms with Crippen molar-refractivity contribution in [3.63, 3.8) is 0 Å². The van der Waals surface area contributed by atoms with Gasteiger partial charge in [0.15, 0.2) is 0 Å². The number of nitrogens with zero attached hydrogens (tertiary/aromatic N) is 1. The van der Waals surface area contributed by atoms with Gasteiger partial charge in [0.25, 0.3) is 0 Å². The van der Waals surface area contributed by atoms with Crippen molar-refractivity contribution in [3.8, 4) is 0 Å². The third kappa shape index (κ3) is 3.41. The fraction of sp³-hybridized carbons (Fsp3) is 0.273. The Kier molecular flexibility index (Phi) is 5.13. The number of hydrogen-bond donors (Lipinski definition) is 0. The summed E-state index contributed by atoms with van der Waals surface area (Å²) in [5, 5.41) is 0. The number of esters is 1. The molecule has 1 aromatic carbocycles. The normalized spacial score (nSPS) is 20.2. The van der Waals surface area contributed by atoms with Gasteiger partial charge in [-0.05, 0) is 31.0 Å². The Labute approximate surface area is 149 Å². The van der Waals surface area contributed by atoms with Gasteiger partial charge in [0.2, 0.25) is 0 Å². The highest BCUT2D eigenvalue weighted by molar-refractivity contribution is 5.89. The molecule has 0 N–H and O–H groups in total. The lowest BCUT2D eigenvalue weighted by atomic mass is 9.66. The summed E-state index contributed by atoms with van der Waals surface area (Å²) in [7, 11) is 0. The predicted molar refractivity (Wildman–Crippen MR) is 99.6 cm³/mol. The molecule has 0 bridgehead atoms. The topological polar surface area (TPSA) is 39.2 Å². The van der Waals surface area contributed by atoms with Gasteiger partial charge in [-0.1, -0.05) is 61.6 Å². The van der Waals surface area contributed by atoms with Crippen LogP contribution in [0, 0.1) is 0 Å². The van der Waals surface area contributed by atoms with Crippen molar-refractivity contribution in [2.75, 3.05) is 6.61 Å². The van der Waals surface area contributed by atoms with E-state index < -0.39 is 0 Å². The lowest BCUT2D eigenvalue weighted by Crippen LogP contribution is -2.31. The number of allylic oxidation sites excluding steroid dienone is 4. The third-order valence-electron chi connectivity index (χ3n) is 4.92. The van der Waals surface area contributed by atoms with Crippen molar-refractivity contribution in [1.29, 1.82) is 0 Å². The molecule has 0 saturated heterocycles. The Morgan fingerprint density at radius 1 is 1.24 bits per heavy atom. The second-order valence-electron chi connectivity index (χ2n) is 6.31. The van der Waals surface area contributed by atoms with Crippen molar-refractivity contribution in [2.24, 2.45) is 0 Å². The highest BCUT2D eigenvalue weighted by Gasteiger charge is 2.37. The molecule has 0 fully saturated rings. The smallest absolute Gasteiger partial charge is 0.338 e. The van der Waals surface area contributed by atoms with E-state index in [2.05, 4.69) is 60.5 Å². The molecule has 1 aliphatic carbocycles. The number of pyridine rings is 1. The van der Waals surface area contributed by atoms with Crippen LogP contribution in [-0.2, 0) is 10.2 Å². The summed E-state index contributed by atoms with van der Waals surface area (Å²) in [5.74, 6) is -0.184. The van der Waals surface area contributed by atoms with E-state index in [1.807, 2.05) is 19.1 Å². The van der Waals surface area contributed by atoms with Crippen LogP contribution in [0.4, 0.5) is 0 Å². The van der Waals surface area contributed by atoms with E-state index in [-0.39, 0.29) is 17.3 Å². The lowest BCUT2D eigenvalue weighted by molar-refractivity contribution is 0.0526. The second-order valence-corrected chi connectivity index (χ2v) is 6.31. The molecule has 2 atom stereocenters. The first-order chi connectivity index (χ1) is 12.2. The van der Waals surface area contributed by atoms with Crippen molar-refractivity contribution in [3.05, 3.63) is 89.8 Å². The van der Waals surface area contributed by atoms with Gasteiger partial charge >= 0.3 is 5.97 Å². The number of aromatic nitrogens is 1. The lowest BCUT2D eigenvalue weighted by Gasteiger charge is -2.37. The maximum Gasteiger partial charge on any atom is 0.338 e. The van der Waals surface area contributed by atoms with Gasteiger partial charge in [-0.3, -0.25) is 4.98 Å². The van der Waals surface area contributed by atoms with Gasteiger partial charge in [0, 0.05) is 23.2 Å². The van der Waals surface area contributed by atoms with E-state index in [0.717, 1.165) is 12.1 Å². The zero-order valence-electron chi connectivity index (χ0n) is 14.7. The van der Waals surface area contributed by atoms with Crippen LogP contribution >= 0.6 is 0 Å². The van der Waals surface area contributed by atoms with Gasteiger partial charge in [-0.15, -0.1) is 0 Å². The predicted octanol–water partition coefficient (Wildman–Crippen LogP) is 4.82. The molecule has 2 aromatic rings. The van der Waals surface area contributed by atoms with E-state index >= 15 is 0 Å². The molecular formula is C22H23NO2. The summed E-state index contributed by atoms with van der Waals surface area (Å²) < 4.78 is 5.13. The molecule has 0 radical (unpaired) electrons. The standard InChI is InChI=1S/C22H23NO2/c1-3-25-21(24)18-12-15-23-20(16-18)17(2)22(13-8-5-9-14-22)19-10-6-4-7-11-19/h4-13,15-17H,3,14H2,1-2H3. The van der Waals surface area contributed by atoms with Crippen LogP contribution in [-0.4, -0.2) is 17.6 Å². The largest absolute Gasteiger partial charge is 0.462 e. The van der Waals surface area contributed by atoms with Crippen LogP contribution in [0.1, 0.15) is 47.8 Å². The Hall–Kier alpha value is -2.68. The molecule has 1 heterocycles. The van der Waals surface area contributed by atoms with E-state index in [1.165, 1.54) is 5.56 Å². The van der Waals surface area contributed by atoms with Gasteiger partial charge < -0.3 is 4.74 Å². The number of carbonyl (C=O) groups excluding carboxylic acids is 1. The van der Waals surface area contributed by atoms with Gasteiger partial charge in [0.05, 0.1) is 12.2 Å². The molecule has 25 heavy (non-hydrogen) atoms. The van der Waals surface area contributed by atoms with Crippen LogP contribution in [0.3, 0.4) is 0 Å². The number of carbonyl (C=O) groups is 1. The molecule has 2 unspecified atom stereocenters. The molecule has 0 saturated carbocycles. The maximum atomic E-state index is 12.1. The first-order valence-electron chi connectivity index (χ1n) is 8.70. The summed E-state index contributed by atoms with van der Waals surface area (Å²) in [6.07, 6.45) is 11.2. The summed E-state index contributed by atoms with van der Waals surface area (Å²) >= 11 is 0. The van der Waals surface area contributed by atoms with Gasteiger partial charge in [-0.2, -0.15) is 0 Å². The molecule has 1 aromatic heterocycles. The Morgan fingerprint density at radius 2 is 2.04 bits per heavy atom. The summed E-state index contributed by atoms with van der Waals surface area (Å²) in [6.45, 7) is 4.35. The zero-order valence-corrected chi connectivity index (χ0v) is 14.7. The Balaban J connectivity index is 2.01. The molecule has 0 aliphatic heterocycles. The monoisotopic (exact) mass is 333 g/mol. The molecule has 3 nitrogen and oxygen atoms in total. The van der Waals surface area contributed by atoms with Gasteiger partial charge in [0.1, 0.15) is 0 Å². The minimum atomic E-state index is -0.300. The maximum absolute atomic E-state index is 12.1. The van der Waals surface area contributed by atoms with Crippen LogP contribution in [0.15, 0.2) is 73.0 Å². The van der Waals surface area contributed by atoms with E-state index in [9.17, 15) is 4.79 Å². The minimum absolute atomic E-state index is 0.116. The number of benzene rings is 1. The zero-order chi connectivity index (χ0) is 17.7. The third-order valence-corrected chi connectivity index (χ3v) is 4.92. The quantitative estimate of drug-likeness (QED) is 0.737. The van der Waals surface area contributed by atoms with Crippen molar-refractivity contribution < 1.29 is 9.53 Å². The highest BCUT2D eigenvalue weighted by Crippen LogP contribution is 2.44. The van der Waals surface area contributed by atoms with Crippen molar-refractivity contribution in [1.82, 2.24) is 4.98 Å². The second kappa shape index (κ2) is 7.47. The number of ether oxygens (including phenoxy) is 1. The SMILES string of the molecule is CCOC(=O)c1ccnc(C(C)C2(c3ccccc3)C=CC=CC2)c1. The first-order valence-corrected chi connectivity index (χ1v) is 8.70. The Morgan fingerprint density at radius 3 is 2.72 bits per heavy atom. The summed E-state index contributed by atoms with van der Waals surface area (Å²) in [4.78, 5) is 16.6. The fourth-order valence-corrected chi connectivity index (χ4v) is 3.46. The van der Waals surface area contributed by atoms with Crippen LogP contribution in [0.5, 0.6) is 0 Å². The molecule has 3 heteroatoms. The number of rotatable bonds is 5. The molecule has 128 valence electrons. The average Bonchev–Trinajstić information content (AvgIpc) is 2.69. The molecule has 1 aliphatic rings. The molecule has 3 rings (SSSR count). The van der Waals surface area contributed by atoms with Crippen molar-refractivity contribution >= 4 is 5.97 Å². The van der Waals surface area contributed by atoms with Crippen LogP contribution in [0.2, 0.25) is 0 Å². The number of hydrogen-bond acceptors (Lipinski definition) is 3. The first kappa shape index (κ1) is 17.2. The van der Waals surface area contributed by atoms with Crippen LogP contribution < -0.4 is 0 Å². The molecule has 0 amide bonds. The van der Waals surface area contributed by atoms with E-state index in [4.69, 9.17) is 4.74 Å². The minimum Gasteiger partial charge on any atom is -0.462 e. The summed E-state index contributed by atoms with van der Waals surface area (Å²) in [5.41, 5.74) is 2.54. The van der Waals surface area contributed by atoms with Gasteiger partial charge in [-0.25, -0.2) is 4.79 Å². The van der Waals surface area contributed by atoms with Crippen molar-refractivity contribution in [2.45, 2.75) is 31.6 Å². The van der Waals surface area contributed by atoms with E-state index in [0.29, 0.717) is 12.2 Å². The van der Waals surface area contributed by atoms with Crippen LogP contribution in [0.25, 0.3) is 0 Å². The van der Waals surface area contributed by atoms with E-state index in [1.54, 1.807) is 12.3 Å². The molecule has 0 spiro atoms. The fourth-order valence-electron chi connectivity index (χ4n) is 3.46. The summed E-state index contributed by atoms with van der Waals surface area (Å²) in [6, 6.07) is 14.1.